The van der Waals surface area contributed by atoms with Crippen molar-refractivity contribution in [2.45, 2.75) is 20.0 Å². The number of benzene rings is 2. The molecule has 0 aliphatic rings. The van der Waals surface area contributed by atoms with Crippen molar-refractivity contribution in [1.82, 2.24) is 0 Å². The van der Waals surface area contributed by atoms with E-state index in [9.17, 15) is 4.79 Å². The number of carbonyl (C=O) groups excluding carboxylic acids is 1. The van der Waals surface area contributed by atoms with E-state index >= 15 is 0 Å². The molecule has 1 unspecified atom stereocenters. The Morgan fingerprint density at radius 3 is 2.55 bits per heavy atom. The van der Waals surface area contributed by atoms with Gasteiger partial charge in [0.15, 0.2) is 6.10 Å². The number of nitrogens with two attached hydrogens (primary N) is 1. The second-order valence-corrected chi connectivity index (χ2v) is 4.63. The third-order valence-electron chi connectivity index (χ3n) is 2.97. The number of hydrogen-bond acceptors (Lipinski definition) is 3. The first kappa shape index (κ1) is 13.9. The van der Waals surface area contributed by atoms with Crippen molar-refractivity contribution in [3.63, 3.8) is 0 Å². The number of nitrogen functional groups attached to an aromatic ring is 1. The first-order chi connectivity index (χ1) is 9.56. The maximum absolute atomic E-state index is 12.0. The Bertz CT molecular complexity index is 597. The van der Waals surface area contributed by atoms with Crippen molar-refractivity contribution in [2.75, 3.05) is 11.1 Å². The van der Waals surface area contributed by atoms with Crippen molar-refractivity contribution < 1.29 is 9.53 Å². The molecule has 0 radical (unpaired) electrons. The Morgan fingerprint density at radius 2 is 1.90 bits per heavy atom. The fourth-order valence-corrected chi connectivity index (χ4v) is 1.71. The number of nitrogens with one attached hydrogen (secondary N) is 1. The van der Waals surface area contributed by atoms with Crippen LogP contribution in [0.5, 0.6) is 5.75 Å². The molecule has 3 N–H and O–H groups in total. The van der Waals surface area contributed by atoms with E-state index in [-0.39, 0.29) is 5.91 Å². The molecule has 2 aromatic carbocycles. The summed E-state index contributed by atoms with van der Waals surface area (Å²) >= 11 is 0. The van der Waals surface area contributed by atoms with Crippen LogP contribution in [0.15, 0.2) is 48.5 Å². The highest BCUT2D eigenvalue weighted by Gasteiger charge is 2.15. The maximum Gasteiger partial charge on any atom is 0.265 e. The number of anilines is 2. The lowest BCUT2D eigenvalue weighted by Crippen LogP contribution is -2.30. The minimum Gasteiger partial charge on any atom is -0.481 e. The van der Waals surface area contributed by atoms with Crippen LogP contribution in [-0.4, -0.2) is 12.0 Å². The molecule has 0 saturated heterocycles. The number of amides is 1. The second kappa shape index (κ2) is 6.10. The van der Waals surface area contributed by atoms with E-state index in [4.69, 9.17) is 10.5 Å². The van der Waals surface area contributed by atoms with Gasteiger partial charge in [0.05, 0.1) is 0 Å². The molecule has 1 atom stereocenters. The summed E-state index contributed by atoms with van der Waals surface area (Å²) < 4.78 is 5.59. The summed E-state index contributed by atoms with van der Waals surface area (Å²) in [5, 5.41) is 2.79. The van der Waals surface area contributed by atoms with Gasteiger partial charge in [0.1, 0.15) is 5.75 Å². The van der Waals surface area contributed by atoms with Crippen molar-refractivity contribution in [3.8, 4) is 5.75 Å². The highest BCUT2D eigenvalue weighted by atomic mass is 16.5. The molecule has 0 aliphatic heterocycles. The zero-order valence-corrected chi connectivity index (χ0v) is 11.6. The monoisotopic (exact) mass is 270 g/mol. The lowest BCUT2D eigenvalue weighted by atomic mass is 10.2. The highest BCUT2D eigenvalue weighted by molar-refractivity contribution is 5.94. The summed E-state index contributed by atoms with van der Waals surface area (Å²) in [5.74, 6) is 0.388. The van der Waals surface area contributed by atoms with Crippen molar-refractivity contribution in [2.24, 2.45) is 0 Å². The van der Waals surface area contributed by atoms with Crippen LogP contribution in [-0.2, 0) is 4.79 Å². The van der Waals surface area contributed by atoms with Gasteiger partial charge in [-0.3, -0.25) is 4.79 Å². The van der Waals surface area contributed by atoms with E-state index in [0.717, 1.165) is 11.3 Å². The normalized spacial score (nSPS) is 11.7. The molecule has 20 heavy (non-hydrogen) atoms. The van der Waals surface area contributed by atoms with Crippen LogP contribution in [0, 0.1) is 6.92 Å². The number of ether oxygens (including phenoxy) is 1. The van der Waals surface area contributed by atoms with Gasteiger partial charge in [0.2, 0.25) is 0 Å². The largest absolute Gasteiger partial charge is 0.481 e. The van der Waals surface area contributed by atoms with Gasteiger partial charge in [0.25, 0.3) is 5.91 Å². The number of aryl methyl sites for hydroxylation is 1. The fourth-order valence-electron chi connectivity index (χ4n) is 1.71. The predicted octanol–water partition coefficient (Wildman–Crippen LogP) is 2.98. The number of hydrogen-bond donors (Lipinski definition) is 2. The van der Waals surface area contributed by atoms with Gasteiger partial charge in [0, 0.05) is 17.4 Å². The van der Waals surface area contributed by atoms with Crippen LogP contribution in [0.4, 0.5) is 11.4 Å². The Morgan fingerprint density at radius 1 is 1.20 bits per heavy atom. The van der Waals surface area contributed by atoms with Gasteiger partial charge in [-0.1, -0.05) is 24.3 Å². The van der Waals surface area contributed by atoms with E-state index in [0.29, 0.717) is 11.4 Å². The van der Waals surface area contributed by atoms with Crippen molar-refractivity contribution >= 4 is 17.3 Å². The first-order valence-electron chi connectivity index (χ1n) is 6.45. The molecule has 104 valence electrons. The van der Waals surface area contributed by atoms with Gasteiger partial charge < -0.3 is 15.8 Å². The molecule has 1 amide bonds. The third-order valence-corrected chi connectivity index (χ3v) is 2.97. The van der Waals surface area contributed by atoms with E-state index in [1.165, 1.54) is 0 Å². The average Bonchev–Trinajstić information content (AvgIpc) is 2.44. The smallest absolute Gasteiger partial charge is 0.265 e. The standard InChI is InChI=1S/C16H18N2O2/c1-11-8-9-14(10-15(11)17)20-12(2)16(19)18-13-6-4-3-5-7-13/h3-10,12H,17H2,1-2H3,(H,18,19). The minimum absolute atomic E-state index is 0.199. The molecule has 0 saturated carbocycles. The summed E-state index contributed by atoms with van der Waals surface area (Å²) in [4.78, 5) is 12.0. The van der Waals surface area contributed by atoms with Crippen molar-refractivity contribution in [1.29, 1.82) is 0 Å². The average molecular weight is 270 g/mol. The number of carbonyl (C=O) groups is 1. The summed E-state index contributed by atoms with van der Waals surface area (Å²) in [6, 6.07) is 14.7. The fraction of sp³-hybridized carbons (Fsp3) is 0.188. The van der Waals surface area contributed by atoms with Gasteiger partial charge >= 0.3 is 0 Å². The van der Waals surface area contributed by atoms with Crippen LogP contribution in [0.25, 0.3) is 0 Å². The second-order valence-electron chi connectivity index (χ2n) is 4.63. The van der Waals surface area contributed by atoms with Crippen molar-refractivity contribution in [3.05, 3.63) is 54.1 Å². The molecule has 0 heterocycles. The van der Waals surface area contributed by atoms with Gasteiger partial charge in [-0.15, -0.1) is 0 Å². The van der Waals surface area contributed by atoms with Crippen LogP contribution >= 0.6 is 0 Å². The summed E-state index contributed by atoms with van der Waals surface area (Å²) in [6.07, 6.45) is -0.600. The van der Waals surface area contributed by atoms with E-state index < -0.39 is 6.10 Å². The number of para-hydroxylation sites is 1. The van der Waals surface area contributed by atoms with E-state index in [1.54, 1.807) is 19.1 Å². The molecule has 4 nitrogen and oxygen atoms in total. The van der Waals surface area contributed by atoms with Crippen LogP contribution in [0.1, 0.15) is 12.5 Å². The topological polar surface area (TPSA) is 64.3 Å². The Kier molecular flexibility index (Phi) is 4.25. The minimum atomic E-state index is -0.600. The molecule has 0 fully saturated rings. The first-order valence-corrected chi connectivity index (χ1v) is 6.45. The van der Waals surface area contributed by atoms with Crippen LogP contribution < -0.4 is 15.8 Å². The quantitative estimate of drug-likeness (QED) is 0.839. The van der Waals surface area contributed by atoms with Gasteiger partial charge in [-0.2, -0.15) is 0 Å². The predicted molar refractivity (Wildman–Crippen MR) is 80.8 cm³/mol. The third kappa shape index (κ3) is 3.51. The Hall–Kier alpha value is -2.49. The van der Waals surface area contributed by atoms with E-state index in [1.807, 2.05) is 43.3 Å². The molecular formula is C16H18N2O2. The zero-order valence-electron chi connectivity index (χ0n) is 11.6. The Balaban J connectivity index is 1.98. The van der Waals surface area contributed by atoms with Gasteiger partial charge in [-0.05, 0) is 37.6 Å². The van der Waals surface area contributed by atoms with Crippen LogP contribution in [0.3, 0.4) is 0 Å². The SMILES string of the molecule is Cc1ccc(OC(C)C(=O)Nc2ccccc2)cc1N. The summed E-state index contributed by atoms with van der Waals surface area (Å²) in [5.41, 5.74) is 8.20. The zero-order chi connectivity index (χ0) is 14.5. The van der Waals surface area contributed by atoms with E-state index in [2.05, 4.69) is 5.32 Å². The summed E-state index contributed by atoms with van der Waals surface area (Å²) in [7, 11) is 0. The maximum atomic E-state index is 12.0. The highest BCUT2D eigenvalue weighted by Crippen LogP contribution is 2.20. The lowest BCUT2D eigenvalue weighted by molar-refractivity contribution is -0.122. The molecule has 4 heteroatoms. The van der Waals surface area contributed by atoms with Crippen LogP contribution in [0.2, 0.25) is 0 Å². The number of rotatable bonds is 4. The molecule has 0 bridgehead atoms. The molecule has 0 aromatic heterocycles. The molecule has 0 aliphatic carbocycles. The molecule has 2 rings (SSSR count). The molecular weight excluding hydrogens is 252 g/mol. The summed E-state index contributed by atoms with van der Waals surface area (Å²) in [6.45, 7) is 3.62. The molecule has 2 aromatic rings. The lowest BCUT2D eigenvalue weighted by Gasteiger charge is -2.15. The Labute approximate surface area is 118 Å². The molecule has 0 spiro atoms. The van der Waals surface area contributed by atoms with Gasteiger partial charge in [-0.25, -0.2) is 0 Å².